The molecule has 0 bridgehead atoms. The Bertz CT molecular complexity index is 350. The first-order chi connectivity index (χ1) is 7.54. The van der Waals surface area contributed by atoms with Crippen molar-refractivity contribution in [1.29, 1.82) is 0 Å². The van der Waals surface area contributed by atoms with Crippen molar-refractivity contribution in [3.05, 3.63) is 0 Å². The van der Waals surface area contributed by atoms with E-state index >= 15 is 0 Å². The van der Waals surface area contributed by atoms with Crippen molar-refractivity contribution in [2.45, 2.75) is 38.6 Å². The third kappa shape index (κ3) is 3.45. The molecule has 2 fully saturated rings. The average molecular weight is 289 g/mol. The zero-order chi connectivity index (χ0) is 13.1. The third-order valence-corrected chi connectivity index (χ3v) is 3.37. The van der Waals surface area contributed by atoms with Crippen LogP contribution < -0.4 is 51.4 Å². The second kappa shape index (κ2) is 4.95. The molecule has 2 aliphatic rings. The maximum Gasteiger partial charge on any atom is 1.00 e. The van der Waals surface area contributed by atoms with Crippen molar-refractivity contribution in [3.8, 4) is 0 Å². The number of nitrogens with zero attached hydrogens (tertiary/aromatic N) is 1. The molecule has 1 unspecified atom stereocenters. The van der Waals surface area contributed by atoms with E-state index in [0.29, 0.717) is 0 Å². The number of rotatable bonds is 1. The zero-order valence-corrected chi connectivity index (χ0v) is 14.3. The fourth-order valence-electron chi connectivity index (χ4n) is 2.45. The average Bonchev–Trinajstić information content (AvgIpc) is 2.69. The number of hydrogen-bond donors (Lipinski definition) is 0. The predicted octanol–water partition coefficient (Wildman–Crippen LogP) is -0.151. The summed E-state index contributed by atoms with van der Waals surface area (Å²) in [6.07, 6.45) is -0.334. The van der Waals surface area contributed by atoms with E-state index in [9.17, 15) is 17.7 Å². The van der Waals surface area contributed by atoms with Gasteiger partial charge in [-0.2, -0.15) is 0 Å². The molecule has 0 aromatic rings. The van der Waals surface area contributed by atoms with Crippen LogP contribution >= 0.6 is 0 Å². The number of amides is 1. The topological polar surface area (TPSA) is 29.5 Å². The van der Waals surface area contributed by atoms with Crippen LogP contribution in [-0.2, 0) is 4.74 Å². The molecule has 3 nitrogen and oxygen atoms in total. The molecule has 18 heavy (non-hydrogen) atoms. The van der Waals surface area contributed by atoms with Crippen LogP contribution in [0.25, 0.3) is 0 Å². The fourth-order valence-corrected chi connectivity index (χ4v) is 2.45. The fraction of sp³-hybridized carbons (Fsp3) is 0.900. The molecule has 1 saturated carbocycles. The van der Waals surface area contributed by atoms with Crippen LogP contribution in [0.1, 0.15) is 27.2 Å². The van der Waals surface area contributed by atoms with Gasteiger partial charge in [0.1, 0.15) is 5.60 Å². The normalized spacial score (nSPS) is 25.2. The van der Waals surface area contributed by atoms with Crippen LogP contribution in [0.15, 0.2) is 0 Å². The Hall–Kier alpha value is 0.761. The molecule has 0 radical (unpaired) electrons. The smallest absolute Gasteiger partial charge is 0.449 e. The Kier molecular flexibility index (Phi) is 4.62. The summed E-state index contributed by atoms with van der Waals surface area (Å²) >= 11 is 0. The molecular formula is C10H16BF3KNO2. The Morgan fingerprint density at radius 1 is 1.33 bits per heavy atom. The maximum absolute atomic E-state index is 12.5. The van der Waals surface area contributed by atoms with Gasteiger partial charge in [0.15, 0.2) is 0 Å². The molecule has 1 amide bonds. The largest absolute Gasteiger partial charge is 1.00 e. The van der Waals surface area contributed by atoms with Gasteiger partial charge < -0.3 is 22.6 Å². The van der Waals surface area contributed by atoms with Gasteiger partial charge in [-0.3, -0.25) is 0 Å². The van der Waals surface area contributed by atoms with Crippen LogP contribution in [0.2, 0.25) is 5.82 Å². The molecule has 0 N–H and O–H groups in total. The van der Waals surface area contributed by atoms with Gasteiger partial charge in [-0.15, -0.1) is 0 Å². The first kappa shape index (κ1) is 16.8. The molecule has 1 aliphatic heterocycles. The first-order valence-electron chi connectivity index (χ1n) is 5.71. The van der Waals surface area contributed by atoms with Crippen LogP contribution in [0.5, 0.6) is 0 Å². The Morgan fingerprint density at radius 2 is 1.83 bits per heavy atom. The monoisotopic (exact) mass is 289 g/mol. The van der Waals surface area contributed by atoms with E-state index in [1.54, 1.807) is 20.8 Å². The van der Waals surface area contributed by atoms with Gasteiger partial charge in [-0.05, 0) is 26.2 Å². The maximum atomic E-state index is 12.5. The summed E-state index contributed by atoms with van der Waals surface area (Å²) in [7, 11) is 0. The Labute approximate surface area is 147 Å². The van der Waals surface area contributed by atoms with Crippen molar-refractivity contribution in [2.75, 3.05) is 13.1 Å². The van der Waals surface area contributed by atoms with Gasteiger partial charge in [0, 0.05) is 13.1 Å². The number of carbonyl (C=O) groups is 1. The molecule has 1 saturated heterocycles. The van der Waals surface area contributed by atoms with Gasteiger partial charge in [-0.25, -0.2) is 4.79 Å². The van der Waals surface area contributed by atoms with Crippen LogP contribution in [0.4, 0.5) is 17.7 Å². The van der Waals surface area contributed by atoms with E-state index in [0.717, 1.165) is 0 Å². The van der Waals surface area contributed by atoms with Gasteiger partial charge in [0.2, 0.25) is 0 Å². The molecule has 0 aromatic heterocycles. The van der Waals surface area contributed by atoms with E-state index < -0.39 is 29.9 Å². The molecule has 8 heteroatoms. The molecule has 1 atom stereocenters. The molecule has 98 valence electrons. The number of halogens is 3. The number of carbonyl (C=O) groups excluding carboxylic acids is 1. The van der Waals surface area contributed by atoms with E-state index in [1.807, 2.05) is 0 Å². The molecule has 1 heterocycles. The van der Waals surface area contributed by atoms with Crippen molar-refractivity contribution < 1.29 is 73.9 Å². The summed E-state index contributed by atoms with van der Waals surface area (Å²) < 4.78 is 42.5. The summed E-state index contributed by atoms with van der Waals surface area (Å²) in [6.45, 7) is 0.831. The van der Waals surface area contributed by atoms with Gasteiger partial charge in [0.05, 0.1) is 0 Å². The molecule has 0 aromatic carbocycles. The molecular weight excluding hydrogens is 273 g/mol. The zero-order valence-electron chi connectivity index (χ0n) is 11.2. The van der Waals surface area contributed by atoms with Gasteiger partial charge in [-0.1, -0.05) is 12.2 Å². The molecule has 1 aliphatic carbocycles. The number of ether oxygens (including phenoxy) is 1. The van der Waals surface area contributed by atoms with E-state index in [-0.39, 0.29) is 70.9 Å². The summed E-state index contributed by atoms with van der Waals surface area (Å²) in [5, 5.41) is 0. The Balaban J connectivity index is 0.00000162. The predicted molar refractivity (Wildman–Crippen MR) is 57.7 cm³/mol. The minimum atomic E-state index is -4.75. The van der Waals surface area contributed by atoms with Crippen LogP contribution in [-0.4, -0.2) is 36.7 Å². The van der Waals surface area contributed by atoms with E-state index in [2.05, 4.69) is 0 Å². The van der Waals surface area contributed by atoms with Crippen molar-refractivity contribution in [1.82, 2.24) is 4.90 Å². The number of hydrogen-bond acceptors (Lipinski definition) is 2. The van der Waals surface area contributed by atoms with Crippen molar-refractivity contribution >= 4 is 13.1 Å². The summed E-state index contributed by atoms with van der Waals surface area (Å²) in [5.74, 6) is -1.17. The van der Waals surface area contributed by atoms with E-state index in [4.69, 9.17) is 4.74 Å². The first-order valence-corrected chi connectivity index (χ1v) is 5.71. The number of likely N-dealkylation sites (tertiary alicyclic amines) is 1. The minimum absolute atomic E-state index is 0. The second-order valence-corrected chi connectivity index (χ2v) is 6.13. The quantitative estimate of drug-likeness (QED) is 0.628. The SMILES string of the molecule is CC(C)(C)OC(=O)N1CC2(CC2[B-](F)(F)F)C1.[K+]. The Morgan fingerprint density at radius 3 is 2.17 bits per heavy atom. The van der Waals surface area contributed by atoms with Crippen LogP contribution in [0, 0.1) is 5.41 Å². The van der Waals surface area contributed by atoms with Crippen molar-refractivity contribution in [2.24, 2.45) is 5.41 Å². The van der Waals surface area contributed by atoms with Gasteiger partial charge in [0.25, 0.3) is 0 Å². The van der Waals surface area contributed by atoms with E-state index in [1.165, 1.54) is 4.90 Å². The van der Waals surface area contributed by atoms with Crippen LogP contribution in [0.3, 0.4) is 0 Å². The molecule has 2 rings (SSSR count). The summed E-state index contributed by atoms with van der Waals surface area (Å²) in [4.78, 5) is 12.9. The third-order valence-electron chi connectivity index (χ3n) is 3.37. The standard InChI is InChI=1S/C10H16BF3NO2.K/c1-9(2,3)17-8(16)15-5-10(6-15)4-7(10)11(12,13)14;/h7H,4-6H2,1-3H3;/q-1;+1. The van der Waals surface area contributed by atoms with Gasteiger partial charge >= 0.3 is 64.5 Å². The molecule has 1 spiro atoms. The summed E-state index contributed by atoms with van der Waals surface area (Å²) in [6, 6.07) is 0. The summed E-state index contributed by atoms with van der Waals surface area (Å²) in [5.41, 5.74) is -1.27. The minimum Gasteiger partial charge on any atom is -0.449 e. The van der Waals surface area contributed by atoms with Crippen molar-refractivity contribution in [3.63, 3.8) is 0 Å². The second-order valence-electron chi connectivity index (χ2n) is 6.13.